The molecule has 4 nitrogen and oxygen atoms in total. The third kappa shape index (κ3) is 3.97. The molecule has 4 heteroatoms. The zero-order chi connectivity index (χ0) is 14.5. The van der Waals surface area contributed by atoms with E-state index in [0.29, 0.717) is 12.3 Å². The maximum atomic E-state index is 12.1. The normalized spacial score (nSPS) is 19.5. The lowest BCUT2D eigenvalue weighted by atomic mass is 10.00. The number of carbonyl (C=O) groups excluding carboxylic acids is 1. The quantitative estimate of drug-likeness (QED) is 0.847. The molecule has 0 spiro atoms. The van der Waals surface area contributed by atoms with Crippen molar-refractivity contribution in [2.75, 3.05) is 19.6 Å². The van der Waals surface area contributed by atoms with Crippen molar-refractivity contribution in [2.45, 2.75) is 45.1 Å². The first kappa shape index (κ1) is 14.4. The number of rotatable bonds is 5. The molecular weight excluding hydrogens is 264 g/mol. The monoisotopic (exact) mass is 288 g/mol. The Balaban J connectivity index is 1.50. The number of furan rings is 1. The molecule has 1 aliphatic heterocycles. The van der Waals surface area contributed by atoms with Gasteiger partial charge in [0, 0.05) is 6.54 Å². The molecule has 0 saturated carbocycles. The number of hydrogen-bond acceptors (Lipinski definition) is 3. The van der Waals surface area contributed by atoms with Gasteiger partial charge in [0.2, 0.25) is 0 Å². The zero-order valence-corrected chi connectivity index (χ0v) is 12.6. The van der Waals surface area contributed by atoms with Crippen LogP contribution in [0.5, 0.6) is 0 Å². The minimum Gasteiger partial charge on any atom is -0.455 e. The Morgan fingerprint density at radius 1 is 1.19 bits per heavy atom. The van der Waals surface area contributed by atoms with E-state index in [1.165, 1.54) is 31.3 Å². The number of allylic oxidation sites excluding steroid dienone is 1. The first-order valence-corrected chi connectivity index (χ1v) is 8.08. The Labute approximate surface area is 126 Å². The topological polar surface area (TPSA) is 45.5 Å². The van der Waals surface area contributed by atoms with E-state index in [2.05, 4.69) is 16.3 Å². The molecule has 2 heterocycles. The molecule has 1 N–H and O–H groups in total. The van der Waals surface area contributed by atoms with Crippen molar-refractivity contribution in [2.24, 2.45) is 0 Å². The summed E-state index contributed by atoms with van der Waals surface area (Å²) in [7, 11) is 0. The van der Waals surface area contributed by atoms with E-state index < -0.39 is 0 Å². The Bertz CT molecular complexity index is 513. The van der Waals surface area contributed by atoms with Gasteiger partial charge >= 0.3 is 0 Å². The molecule has 0 atom stereocenters. The lowest BCUT2D eigenvalue weighted by Gasteiger charge is -2.13. The average molecular weight is 288 g/mol. The van der Waals surface area contributed by atoms with Gasteiger partial charge in [-0.05, 0) is 63.7 Å². The summed E-state index contributed by atoms with van der Waals surface area (Å²) in [6, 6.07) is 3.71. The molecule has 0 aromatic carbocycles. The molecule has 1 aromatic heterocycles. The van der Waals surface area contributed by atoms with Crippen LogP contribution in [0.4, 0.5) is 0 Å². The Kier molecular flexibility index (Phi) is 4.76. The van der Waals surface area contributed by atoms with E-state index in [1.54, 1.807) is 6.07 Å². The van der Waals surface area contributed by atoms with Crippen molar-refractivity contribution < 1.29 is 9.21 Å². The minimum atomic E-state index is -0.103. The number of amides is 1. The Morgan fingerprint density at radius 2 is 2.05 bits per heavy atom. The highest BCUT2D eigenvalue weighted by atomic mass is 16.4. The van der Waals surface area contributed by atoms with Gasteiger partial charge in [0.1, 0.15) is 5.76 Å². The van der Waals surface area contributed by atoms with Crippen LogP contribution in [0.15, 0.2) is 28.2 Å². The maximum absolute atomic E-state index is 12.1. The average Bonchev–Trinajstić information content (AvgIpc) is 3.18. The van der Waals surface area contributed by atoms with Crippen molar-refractivity contribution in [3.8, 4) is 0 Å². The van der Waals surface area contributed by atoms with Crippen molar-refractivity contribution in [3.05, 3.63) is 35.3 Å². The number of nitrogens with one attached hydrogen (secondary N) is 1. The van der Waals surface area contributed by atoms with Crippen LogP contribution >= 0.6 is 0 Å². The summed E-state index contributed by atoms with van der Waals surface area (Å²) in [5.74, 6) is 1.22. The molecular formula is C17H24N2O2. The highest BCUT2D eigenvalue weighted by Gasteiger charge is 2.16. The summed E-state index contributed by atoms with van der Waals surface area (Å²) >= 11 is 0. The van der Waals surface area contributed by atoms with E-state index in [0.717, 1.165) is 38.2 Å². The molecule has 3 rings (SSSR count). The molecule has 2 aliphatic rings. The first-order valence-electron chi connectivity index (χ1n) is 8.08. The van der Waals surface area contributed by atoms with Crippen LogP contribution in [0.25, 0.3) is 0 Å². The summed E-state index contributed by atoms with van der Waals surface area (Å²) in [5.41, 5.74) is 1.35. The van der Waals surface area contributed by atoms with Crippen LogP contribution < -0.4 is 5.32 Å². The molecule has 0 bridgehead atoms. The van der Waals surface area contributed by atoms with Crippen molar-refractivity contribution in [3.63, 3.8) is 0 Å². The van der Waals surface area contributed by atoms with E-state index >= 15 is 0 Å². The van der Waals surface area contributed by atoms with Crippen LogP contribution in [-0.2, 0) is 6.54 Å². The van der Waals surface area contributed by atoms with Crippen LogP contribution in [0.2, 0.25) is 0 Å². The van der Waals surface area contributed by atoms with Crippen molar-refractivity contribution in [1.82, 2.24) is 10.2 Å². The SMILES string of the molecule is O=C(NCC1=CCCCC1)c1ccc(CN2CCCC2)o1. The van der Waals surface area contributed by atoms with Crippen LogP contribution in [-0.4, -0.2) is 30.4 Å². The summed E-state index contributed by atoms with van der Waals surface area (Å²) < 4.78 is 5.67. The molecule has 0 unspecified atom stereocenters. The Hall–Kier alpha value is -1.55. The van der Waals surface area contributed by atoms with Crippen molar-refractivity contribution in [1.29, 1.82) is 0 Å². The van der Waals surface area contributed by atoms with Gasteiger partial charge in [0.05, 0.1) is 6.54 Å². The van der Waals surface area contributed by atoms with Crippen LogP contribution in [0.3, 0.4) is 0 Å². The minimum absolute atomic E-state index is 0.103. The fourth-order valence-corrected chi connectivity index (χ4v) is 3.09. The molecule has 1 saturated heterocycles. The summed E-state index contributed by atoms with van der Waals surface area (Å²) in [5, 5.41) is 2.96. The van der Waals surface area contributed by atoms with E-state index in [4.69, 9.17) is 4.42 Å². The van der Waals surface area contributed by atoms with Gasteiger partial charge in [0.25, 0.3) is 5.91 Å². The molecule has 1 aromatic rings. The number of nitrogens with zero attached hydrogens (tertiary/aromatic N) is 1. The van der Waals surface area contributed by atoms with Gasteiger partial charge in [-0.2, -0.15) is 0 Å². The second kappa shape index (κ2) is 6.94. The van der Waals surface area contributed by atoms with Gasteiger partial charge in [-0.25, -0.2) is 0 Å². The fourth-order valence-electron chi connectivity index (χ4n) is 3.09. The van der Waals surface area contributed by atoms with Crippen LogP contribution in [0, 0.1) is 0 Å². The lowest BCUT2D eigenvalue weighted by molar-refractivity contribution is 0.0925. The van der Waals surface area contributed by atoms with E-state index in [9.17, 15) is 4.79 Å². The molecule has 21 heavy (non-hydrogen) atoms. The van der Waals surface area contributed by atoms with Gasteiger partial charge < -0.3 is 9.73 Å². The van der Waals surface area contributed by atoms with Gasteiger partial charge in [-0.15, -0.1) is 0 Å². The number of carbonyl (C=O) groups is 1. The maximum Gasteiger partial charge on any atom is 0.287 e. The highest BCUT2D eigenvalue weighted by Crippen LogP contribution is 2.17. The standard InChI is InChI=1S/C17H24N2O2/c20-17(18-12-14-6-2-1-3-7-14)16-9-8-15(21-16)13-19-10-4-5-11-19/h6,8-9H,1-5,7,10-13H2,(H,18,20). The van der Waals surface area contributed by atoms with Gasteiger partial charge in [0.15, 0.2) is 5.76 Å². The second-order valence-electron chi connectivity index (χ2n) is 6.04. The predicted octanol–water partition coefficient (Wildman–Crippen LogP) is 3.11. The number of likely N-dealkylation sites (tertiary alicyclic amines) is 1. The van der Waals surface area contributed by atoms with E-state index in [-0.39, 0.29) is 5.91 Å². The second-order valence-corrected chi connectivity index (χ2v) is 6.04. The van der Waals surface area contributed by atoms with Gasteiger partial charge in [-0.3, -0.25) is 9.69 Å². The lowest BCUT2D eigenvalue weighted by Crippen LogP contribution is -2.25. The smallest absolute Gasteiger partial charge is 0.287 e. The first-order chi connectivity index (χ1) is 10.3. The fraction of sp³-hybridized carbons (Fsp3) is 0.588. The summed E-state index contributed by atoms with van der Waals surface area (Å²) in [6.07, 6.45) is 9.56. The molecule has 0 radical (unpaired) electrons. The van der Waals surface area contributed by atoms with Crippen LogP contribution in [0.1, 0.15) is 54.8 Å². The molecule has 114 valence electrons. The molecule has 1 amide bonds. The van der Waals surface area contributed by atoms with Crippen molar-refractivity contribution >= 4 is 5.91 Å². The zero-order valence-electron chi connectivity index (χ0n) is 12.6. The summed E-state index contributed by atoms with van der Waals surface area (Å²) in [4.78, 5) is 14.5. The highest BCUT2D eigenvalue weighted by molar-refractivity contribution is 5.91. The largest absolute Gasteiger partial charge is 0.455 e. The molecule has 1 fully saturated rings. The Morgan fingerprint density at radius 3 is 2.81 bits per heavy atom. The third-order valence-electron chi connectivity index (χ3n) is 4.32. The predicted molar refractivity (Wildman–Crippen MR) is 82.1 cm³/mol. The third-order valence-corrected chi connectivity index (χ3v) is 4.32. The number of hydrogen-bond donors (Lipinski definition) is 1. The van der Waals surface area contributed by atoms with Gasteiger partial charge in [-0.1, -0.05) is 11.6 Å². The van der Waals surface area contributed by atoms with E-state index in [1.807, 2.05) is 6.07 Å². The molecule has 1 aliphatic carbocycles. The summed E-state index contributed by atoms with van der Waals surface area (Å²) in [6.45, 7) is 3.74.